The standard InChI is InChI=1S/C6H7F3N2/c7-6(8,9)4-5-10-2-1-3-11-5/h1-3,5,10H,4H2. The van der Waals surface area contributed by atoms with Crippen LogP contribution in [0.25, 0.3) is 0 Å². The lowest BCUT2D eigenvalue weighted by Gasteiger charge is -2.16. The highest BCUT2D eigenvalue weighted by molar-refractivity contribution is 5.71. The Kier molecular flexibility index (Phi) is 2.16. The summed E-state index contributed by atoms with van der Waals surface area (Å²) in [5.74, 6) is 0. The molecule has 62 valence electrons. The molecule has 0 spiro atoms. The number of allylic oxidation sites excluding steroid dienone is 1. The van der Waals surface area contributed by atoms with Crippen molar-refractivity contribution in [2.45, 2.75) is 18.8 Å². The molecule has 1 aliphatic rings. The predicted octanol–water partition coefficient (Wildman–Crippen LogP) is 1.45. The molecule has 11 heavy (non-hydrogen) atoms. The van der Waals surface area contributed by atoms with Gasteiger partial charge in [-0.15, -0.1) is 0 Å². The van der Waals surface area contributed by atoms with Crippen molar-refractivity contribution in [3.8, 4) is 0 Å². The Bertz CT molecular complexity index is 183. The fourth-order valence-corrected chi connectivity index (χ4v) is 0.737. The molecule has 0 saturated heterocycles. The molecule has 1 atom stereocenters. The minimum Gasteiger partial charge on any atom is -0.370 e. The van der Waals surface area contributed by atoms with Crippen molar-refractivity contribution in [3.63, 3.8) is 0 Å². The topological polar surface area (TPSA) is 24.4 Å². The fraction of sp³-hybridized carbons (Fsp3) is 0.500. The van der Waals surface area contributed by atoms with E-state index in [1.165, 1.54) is 12.4 Å². The molecule has 0 bridgehead atoms. The molecule has 1 N–H and O–H groups in total. The molecule has 5 heteroatoms. The van der Waals surface area contributed by atoms with E-state index in [0.29, 0.717) is 0 Å². The summed E-state index contributed by atoms with van der Waals surface area (Å²) in [6, 6.07) is 0. The van der Waals surface area contributed by atoms with E-state index >= 15 is 0 Å². The van der Waals surface area contributed by atoms with Crippen molar-refractivity contribution >= 4 is 6.21 Å². The minimum absolute atomic E-state index is 0.847. The molecule has 0 radical (unpaired) electrons. The van der Waals surface area contributed by atoms with Gasteiger partial charge in [0, 0.05) is 6.21 Å². The van der Waals surface area contributed by atoms with Crippen molar-refractivity contribution in [1.82, 2.24) is 5.32 Å². The number of halogens is 3. The second-order valence-electron chi connectivity index (χ2n) is 2.16. The van der Waals surface area contributed by atoms with Crippen molar-refractivity contribution in [3.05, 3.63) is 12.3 Å². The van der Waals surface area contributed by atoms with Gasteiger partial charge in [-0.3, -0.25) is 4.99 Å². The van der Waals surface area contributed by atoms with Gasteiger partial charge in [-0.25, -0.2) is 0 Å². The fourth-order valence-electron chi connectivity index (χ4n) is 0.737. The summed E-state index contributed by atoms with van der Waals surface area (Å²) in [6.45, 7) is 0. The Hall–Kier alpha value is -1.00. The SMILES string of the molecule is FC(F)(F)CC1N=CC=CN1. The first-order chi connectivity index (χ1) is 5.08. The molecule has 1 aliphatic heterocycles. The lowest BCUT2D eigenvalue weighted by atomic mass is 10.3. The first-order valence-electron chi connectivity index (χ1n) is 3.09. The van der Waals surface area contributed by atoms with Crippen LogP contribution in [-0.2, 0) is 0 Å². The van der Waals surface area contributed by atoms with Crippen molar-refractivity contribution in [1.29, 1.82) is 0 Å². The largest absolute Gasteiger partial charge is 0.392 e. The predicted molar refractivity (Wildman–Crippen MR) is 35.2 cm³/mol. The van der Waals surface area contributed by atoms with E-state index in [0.717, 1.165) is 0 Å². The summed E-state index contributed by atoms with van der Waals surface area (Å²) in [4.78, 5) is 3.57. The van der Waals surface area contributed by atoms with E-state index in [1.807, 2.05) is 0 Å². The minimum atomic E-state index is -4.15. The van der Waals surface area contributed by atoms with Gasteiger partial charge in [0.05, 0.1) is 6.42 Å². The van der Waals surface area contributed by atoms with E-state index in [4.69, 9.17) is 0 Å². The molecule has 0 aliphatic carbocycles. The summed E-state index contributed by atoms with van der Waals surface area (Å²) in [7, 11) is 0. The van der Waals surface area contributed by atoms with Gasteiger partial charge in [0.15, 0.2) is 0 Å². The smallest absolute Gasteiger partial charge is 0.370 e. The number of aliphatic imine (C=N–C) groups is 1. The molecule has 1 unspecified atom stereocenters. The Morgan fingerprint density at radius 2 is 2.18 bits per heavy atom. The molecular formula is C6H7F3N2. The summed E-state index contributed by atoms with van der Waals surface area (Å²) in [5.41, 5.74) is 0. The first-order valence-corrected chi connectivity index (χ1v) is 3.09. The van der Waals surface area contributed by atoms with Crippen LogP contribution in [-0.4, -0.2) is 18.6 Å². The second kappa shape index (κ2) is 2.94. The quantitative estimate of drug-likeness (QED) is 0.623. The highest BCUT2D eigenvalue weighted by Crippen LogP contribution is 2.22. The molecule has 0 fully saturated rings. The molecule has 0 aromatic carbocycles. The summed E-state index contributed by atoms with van der Waals surface area (Å²) in [5, 5.41) is 2.48. The Balaban J connectivity index is 2.39. The number of nitrogens with one attached hydrogen (secondary N) is 1. The summed E-state index contributed by atoms with van der Waals surface area (Å²) in [6.07, 6.45) is -1.57. The highest BCUT2D eigenvalue weighted by Gasteiger charge is 2.31. The van der Waals surface area contributed by atoms with E-state index in [9.17, 15) is 13.2 Å². The van der Waals surface area contributed by atoms with Crippen molar-refractivity contribution in [2.75, 3.05) is 0 Å². The van der Waals surface area contributed by atoms with Gasteiger partial charge in [-0.1, -0.05) is 0 Å². The van der Waals surface area contributed by atoms with Crippen LogP contribution in [0.3, 0.4) is 0 Å². The maximum atomic E-state index is 11.7. The van der Waals surface area contributed by atoms with E-state index < -0.39 is 18.8 Å². The Morgan fingerprint density at radius 1 is 1.45 bits per heavy atom. The highest BCUT2D eigenvalue weighted by atomic mass is 19.4. The number of hydrogen-bond acceptors (Lipinski definition) is 2. The number of nitrogens with zero attached hydrogens (tertiary/aromatic N) is 1. The molecule has 1 heterocycles. The van der Waals surface area contributed by atoms with Crippen LogP contribution >= 0.6 is 0 Å². The van der Waals surface area contributed by atoms with Crippen LogP contribution < -0.4 is 5.32 Å². The van der Waals surface area contributed by atoms with Crippen molar-refractivity contribution in [2.24, 2.45) is 4.99 Å². The van der Waals surface area contributed by atoms with Crippen LogP contribution in [0.15, 0.2) is 17.3 Å². The Morgan fingerprint density at radius 3 is 2.64 bits per heavy atom. The number of hydrogen-bond donors (Lipinski definition) is 1. The van der Waals surface area contributed by atoms with Gasteiger partial charge in [0.1, 0.15) is 6.17 Å². The van der Waals surface area contributed by atoms with Gasteiger partial charge in [0.2, 0.25) is 0 Å². The zero-order valence-electron chi connectivity index (χ0n) is 5.60. The van der Waals surface area contributed by atoms with E-state index in [2.05, 4.69) is 10.3 Å². The molecule has 0 amide bonds. The van der Waals surface area contributed by atoms with Gasteiger partial charge in [-0.05, 0) is 12.3 Å². The molecule has 0 aromatic rings. The van der Waals surface area contributed by atoms with Gasteiger partial charge < -0.3 is 5.32 Å². The maximum absolute atomic E-state index is 11.7. The molecule has 2 nitrogen and oxygen atoms in total. The molecule has 0 aromatic heterocycles. The molecular weight excluding hydrogens is 157 g/mol. The van der Waals surface area contributed by atoms with Crippen LogP contribution in [0.5, 0.6) is 0 Å². The zero-order chi connectivity index (χ0) is 8.32. The number of alkyl halides is 3. The van der Waals surface area contributed by atoms with Crippen molar-refractivity contribution < 1.29 is 13.2 Å². The zero-order valence-corrected chi connectivity index (χ0v) is 5.60. The van der Waals surface area contributed by atoms with Gasteiger partial charge in [0.25, 0.3) is 0 Å². The average Bonchev–Trinajstić information content (AvgIpc) is 1.85. The molecule has 0 saturated carbocycles. The normalized spacial score (nSPS) is 23.4. The van der Waals surface area contributed by atoms with Crippen LogP contribution in [0.1, 0.15) is 6.42 Å². The third-order valence-corrected chi connectivity index (χ3v) is 1.16. The summed E-state index contributed by atoms with van der Waals surface area (Å²) < 4.78 is 35.1. The van der Waals surface area contributed by atoms with Gasteiger partial charge in [-0.2, -0.15) is 13.2 Å². The monoisotopic (exact) mass is 164 g/mol. The van der Waals surface area contributed by atoms with Crippen LogP contribution in [0.4, 0.5) is 13.2 Å². The van der Waals surface area contributed by atoms with E-state index in [-0.39, 0.29) is 0 Å². The summed E-state index contributed by atoms with van der Waals surface area (Å²) >= 11 is 0. The average molecular weight is 164 g/mol. The first kappa shape index (κ1) is 8.10. The van der Waals surface area contributed by atoms with E-state index in [1.54, 1.807) is 6.08 Å². The Labute approximate surface area is 61.8 Å². The second-order valence-corrected chi connectivity index (χ2v) is 2.16. The third-order valence-electron chi connectivity index (χ3n) is 1.16. The van der Waals surface area contributed by atoms with Crippen LogP contribution in [0, 0.1) is 0 Å². The van der Waals surface area contributed by atoms with Crippen LogP contribution in [0.2, 0.25) is 0 Å². The van der Waals surface area contributed by atoms with Gasteiger partial charge >= 0.3 is 6.18 Å². The lowest BCUT2D eigenvalue weighted by molar-refractivity contribution is -0.138. The number of rotatable bonds is 1. The third kappa shape index (κ3) is 3.06. The lowest BCUT2D eigenvalue weighted by Crippen LogP contribution is -2.30. The molecule has 1 rings (SSSR count). The maximum Gasteiger partial charge on any atom is 0.392 e.